The van der Waals surface area contributed by atoms with Crippen LogP contribution in [0.3, 0.4) is 0 Å². The molecular formula is C14H22N2O. The second-order valence-corrected chi connectivity index (χ2v) is 4.74. The molecule has 1 aliphatic heterocycles. The lowest BCUT2D eigenvalue weighted by Gasteiger charge is -2.28. The van der Waals surface area contributed by atoms with Gasteiger partial charge in [0.25, 0.3) is 0 Å². The number of aryl methyl sites for hydroxylation is 1. The normalized spacial score (nSPS) is 19.7. The molecule has 3 heteroatoms. The molecule has 0 bridgehead atoms. The molecule has 0 amide bonds. The summed E-state index contributed by atoms with van der Waals surface area (Å²) in [5.74, 6) is 0.972. The number of nitrogens with two attached hydrogens (primary N) is 1. The van der Waals surface area contributed by atoms with Crippen molar-refractivity contribution in [1.82, 2.24) is 0 Å². The van der Waals surface area contributed by atoms with Crippen LogP contribution < -0.4 is 15.4 Å². The lowest BCUT2D eigenvalue weighted by molar-refractivity contribution is 0.413. The van der Waals surface area contributed by atoms with Crippen LogP contribution in [-0.2, 0) is 0 Å². The Morgan fingerprint density at radius 1 is 1.47 bits per heavy atom. The van der Waals surface area contributed by atoms with Gasteiger partial charge in [-0.05, 0) is 50.4 Å². The van der Waals surface area contributed by atoms with Crippen molar-refractivity contribution < 1.29 is 4.74 Å². The van der Waals surface area contributed by atoms with Crippen LogP contribution >= 0.6 is 0 Å². The molecule has 0 aliphatic carbocycles. The van der Waals surface area contributed by atoms with Crippen LogP contribution in [0, 0.1) is 6.92 Å². The Morgan fingerprint density at radius 2 is 2.29 bits per heavy atom. The highest BCUT2D eigenvalue weighted by molar-refractivity contribution is 5.61. The van der Waals surface area contributed by atoms with E-state index in [9.17, 15) is 0 Å². The molecule has 3 nitrogen and oxygen atoms in total. The first kappa shape index (κ1) is 12.2. The van der Waals surface area contributed by atoms with Gasteiger partial charge in [0.05, 0.1) is 12.8 Å². The number of anilines is 1. The number of ether oxygens (including phenoxy) is 1. The molecule has 2 rings (SSSR count). The monoisotopic (exact) mass is 234 g/mol. The van der Waals surface area contributed by atoms with Gasteiger partial charge in [-0.15, -0.1) is 0 Å². The summed E-state index contributed by atoms with van der Waals surface area (Å²) in [5, 5.41) is 0. The van der Waals surface area contributed by atoms with Crippen molar-refractivity contribution in [1.29, 1.82) is 0 Å². The topological polar surface area (TPSA) is 38.5 Å². The largest absolute Gasteiger partial charge is 0.495 e. The number of nitrogens with zero attached hydrogens (tertiary/aromatic N) is 1. The molecule has 1 aliphatic rings. The van der Waals surface area contributed by atoms with E-state index < -0.39 is 0 Å². The van der Waals surface area contributed by atoms with Crippen molar-refractivity contribution >= 4 is 5.69 Å². The number of methoxy groups -OCH3 is 1. The molecule has 1 fully saturated rings. The average molecular weight is 234 g/mol. The Morgan fingerprint density at radius 3 is 3.00 bits per heavy atom. The third-order valence-electron chi connectivity index (χ3n) is 3.52. The van der Waals surface area contributed by atoms with E-state index >= 15 is 0 Å². The molecule has 0 radical (unpaired) electrons. The smallest absolute Gasteiger partial charge is 0.142 e. The molecule has 1 unspecified atom stereocenters. The van der Waals surface area contributed by atoms with Gasteiger partial charge in [-0.3, -0.25) is 0 Å². The predicted octanol–water partition coefficient (Wildman–Crippen LogP) is 2.32. The van der Waals surface area contributed by atoms with Crippen LogP contribution in [-0.4, -0.2) is 26.2 Å². The van der Waals surface area contributed by atoms with Crippen molar-refractivity contribution in [2.45, 2.75) is 32.2 Å². The first-order valence-corrected chi connectivity index (χ1v) is 6.37. The van der Waals surface area contributed by atoms with Gasteiger partial charge in [0.2, 0.25) is 0 Å². The zero-order valence-corrected chi connectivity index (χ0v) is 10.8. The SMILES string of the molecule is COc1ccc(C)cc1N1CCCC1CCN. The lowest BCUT2D eigenvalue weighted by atomic mass is 10.1. The van der Waals surface area contributed by atoms with Gasteiger partial charge in [0.15, 0.2) is 0 Å². The maximum absolute atomic E-state index is 5.69. The summed E-state index contributed by atoms with van der Waals surface area (Å²) in [4.78, 5) is 2.46. The summed E-state index contributed by atoms with van der Waals surface area (Å²) in [6.07, 6.45) is 3.56. The maximum atomic E-state index is 5.69. The second kappa shape index (κ2) is 5.41. The summed E-state index contributed by atoms with van der Waals surface area (Å²) in [7, 11) is 1.74. The van der Waals surface area contributed by atoms with Gasteiger partial charge in [-0.1, -0.05) is 6.07 Å². The summed E-state index contributed by atoms with van der Waals surface area (Å²) < 4.78 is 5.47. The molecule has 2 N–H and O–H groups in total. The van der Waals surface area contributed by atoms with E-state index in [-0.39, 0.29) is 0 Å². The van der Waals surface area contributed by atoms with Crippen LogP contribution in [0.1, 0.15) is 24.8 Å². The highest BCUT2D eigenvalue weighted by Crippen LogP contribution is 2.35. The molecule has 1 atom stereocenters. The first-order chi connectivity index (χ1) is 8.26. The zero-order valence-electron chi connectivity index (χ0n) is 10.8. The van der Waals surface area contributed by atoms with Crippen LogP contribution in [0.25, 0.3) is 0 Å². The molecule has 1 heterocycles. The van der Waals surface area contributed by atoms with Crippen molar-refractivity contribution in [3.63, 3.8) is 0 Å². The van der Waals surface area contributed by atoms with E-state index in [1.165, 1.54) is 24.1 Å². The van der Waals surface area contributed by atoms with Gasteiger partial charge in [-0.2, -0.15) is 0 Å². The minimum Gasteiger partial charge on any atom is -0.495 e. The molecule has 1 aromatic carbocycles. The van der Waals surface area contributed by atoms with E-state index in [4.69, 9.17) is 10.5 Å². The summed E-state index contributed by atoms with van der Waals surface area (Å²) in [5.41, 5.74) is 8.19. The quantitative estimate of drug-likeness (QED) is 0.869. The van der Waals surface area contributed by atoms with Crippen molar-refractivity contribution in [2.75, 3.05) is 25.1 Å². The second-order valence-electron chi connectivity index (χ2n) is 4.74. The van der Waals surface area contributed by atoms with Crippen molar-refractivity contribution in [3.8, 4) is 5.75 Å². The highest BCUT2D eigenvalue weighted by Gasteiger charge is 2.26. The summed E-state index contributed by atoms with van der Waals surface area (Å²) >= 11 is 0. The Labute approximate surface area is 104 Å². The molecule has 17 heavy (non-hydrogen) atoms. The third kappa shape index (κ3) is 2.55. The van der Waals surface area contributed by atoms with E-state index in [2.05, 4.69) is 30.0 Å². The Kier molecular flexibility index (Phi) is 3.89. The fourth-order valence-corrected chi connectivity index (χ4v) is 2.67. The molecule has 1 aromatic rings. The Bertz CT molecular complexity index is 378. The van der Waals surface area contributed by atoms with Crippen LogP contribution in [0.5, 0.6) is 5.75 Å². The third-order valence-corrected chi connectivity index (χ3v) is 3.52. The lowest BCUT2D eigenvalue weighted by Crippen LogP contribution is -2.31. The number of rotatable bonds is 4. The van der Waals surface area contributed by atoms with E-state index in [0.717, 1.165) is 25.3 Å². The average Bonchev–Trinajstić information content (AvgIpc) is 2.77. The first-order valence-electron chi connectivity index (χ1n) is 6.37. The van der Waals surface area contributed by atoms with E-state index in [1.54, 1.807) is 7.11 Å². The van der Waals surface area contributed by atoms with Crippen molar-refractivity contribution in [3.05, 3.63) is 23.8 Å². The summed E-state index contributed by atoms with van der Waals surface area (Å²) in [6.45, 7) is 4.00. The fourth-order valence-electron chi connectivity index (χ4n) is 2.67. The van der Waals surface area contributed by atoms with Crippen LogP contribution in [0.4, 0.5) is 5.69 Å². The summed E-state index contributed by atoms with van der Waals surface area (Å²) in [6, 6.07) is 6.95. The van der Waals surface area contributed by atoms with Gasteiger partial charge >= 0.3 is 0 Å². The Hall–Kier alpha value is -1.22. The number of hydrogen-bond acceptors (Lipinski definition) is 3. The van der Waals surface area contributed by atoms with Gasteiger partial charge in [-0.25, -0.2) is 0 Å². The number of hydrogen-bond donors (Lipinski definition) is 1. The molecular weight excluding hydrogens is 212 g/mol. The maximum Gasteiger partial charge on any atom is 0.142 e. The predicted molar refractivity (Wildman–Crippen MR) is 71.8 cm³/mol. The standard InChI is InChI=1S/C14H22N2O/c1-11-5-6-14(17-2)13(10-11)16-9-3-4-12(16)7-8-15/h5-6,10,12H,3-4,7-9,15H2,1-2H3. The van der Waals surface area contributed by atoms with Crippen molar-refractivity contribution in [2.24, 2.45) is 5.73 Å². The minimum absolute atomic E-state index is 0.579. The number of benzene rings is 1. The van der Waals surface area contributed by atoms with Gasteiger partial charge < -0.3 is 15.4 Å². The van der Waals surface area contributed by atoms with E-state index in [0.29, 0.717) is 6.04 Å². The van der Waals surface area contributed by atoms with Gasteiger partial charge in [0, 0.05) is 12.6 Å². The van der Waals surface area contributed by atoms with E-state index in [1.807, 2.05) is 0 Å². The minimum atomic E-state index is 0.579. The molecule has 0 saturated carbocycles. The highest BCUT2D eigenvalue weighted by atomic mass is 16.5. The molecule has 1 saturated heterocycles. The van der Waals surface area contributed by atoms with Gasteiger partial charge in [0.1, 0.15) is 5.75 Å². The zero-order chi connectivity index (χ0) is 12.3. The molecule has 0 spiro atoms. The Balaban J connectivity index is 2.28. The van der Waals surface area contributed by atoms with Crippen LogP contribution in [0.15, 0.2) is 18.2 Å². The van der Waals surface area contributed by atoms with Crippen LogP contribution in [0.2, 0.25) is 0 Å². The molecule has 0 aromatic heterocycles. The molecule has 94 valence electrons. The fraction of sp³-hybridized carbons (Fsp3) is 0.571.